The highest BCUT2D eigenvalue weighted by Gasteiger charge is 2.45. The van der Waals surface area contributed by atoms with Crippen LogP contribution in [0.3, 0.4) is 0 Å². The number of methoxy groups -OCH3 is 2. The number of amides is 1. The van der Waals surface area contributed by atoms with Gasteiger partial charge in [0.25, 0.3) is 0 Å². The van der Waals surface area contributed by atoms with Crippen molar-refractivity contribution >= 4 is 11.9 Å². The maximum Gasteiger partial charge on any atom is 0.410 e. The Morgan fingerprint density at radius 2 is 1.81 bits per heavy atom. The van der Waals surface area contributed by atoms with E-state index in [1.165, 1.54) is 7.11 Å². The Labute approximate surface area is 159 Å². The van der Waals surface area contributed by atoms with E-state index in [1.807, 2.05) is 20.8 Å². The number of nitrogens with zero attached hydrogens (tertiary/aromatic N) is 1. The van der Waals surface area contributed by atoms with E-state index in [0.29, 0.717) is 48.7 Å². The third kappa shape index (κ3) is 3.96. The Kier molecular flexibility index (Phi) is 4.97. The first-order chi connectivity index (χ1) is 12.7. The number of fused-ring (bicyclic) bond motifs is 1. The van der Waals surface area contributed by atoms with Gasteiger partial charge in [0, 0.05) is 38.1 Å². The number of ether oxygens (including phenoxy) is 4. The smallest absolute Gasteiger partial charge is 0.410 e. The number of hydrogen-bond donors (Lipinski definition) is 0. The van der Waals surface area contributed by atoms with Gasteiger partial charge in [-0.2, -0.15) is 0 Å². The molecular weight excluding hydrogens is 350 g/mol. The van der Waals surface area contributed by atoms with Gasteiger partial charge in [0.15, 0.2) is 5.78 Å². The van der Waals surface area contributed by atoms with Crippen molar-refractivity contribution in [3.8, 4) is 17.2 Å². The van der Waals surface area contributed by atoms with Gasteiger partial charge in [-0.25, -0.2) is 4.79 Å². The van der Waals surface area contributed by atoms with Crippen LogP contribution in [0.2, 0.25) is 0 Å². The summed E-state index contributed by atoms with van der Waals surface area (Å²) >= 11 is 0. The lowest BCUT2D eigenvalue weighted by Crippen LogP contribution is -2.53. The van der Waals surface area contributed by atoms with E-state index in [4.69, 9.17) is 18.9 Å². The highest BCUT2D eigenvalue weighted by atomic mass is 16.6. The van der Waals surface area contributed by atoms with Gasteiger partial charge < -0.3 is 23.8 Å². The standard InChI is InChI=1S/C20H27NO6/c1-19(2,3)27-18(23)21-8-6-20(7-9-21)12-14(22)17-15(25-5)10-13(24-4)11-16(17)26-20/h10-11H,6-9,12H2,1-5H3. The number of benzene rings is 1. The molecule has 1 fully saturated rings. The lowest BCUT2D eigenvalue weighted by Gasteiger charge is -2.44. The molecule has 1 saturated heterocycles. The number of piperidine rings is 1. The lowest BCUT2D eigenvalue weighted by molar-refractivity contribution is -0.0228. The van der Waals surface area contributed by atoms with Crippen LogP contribution in [0.15, 0.2) is 12.1 Å². The Morgan fingerprint density at radius 3 is 2.37 bits per heavy atom. The normalized spacial score (nSPS) is 18.6. The van der Waals surface area contributed by atoms with Gasteiger partial charge >= 0.3 is 6.09 Å². The van der Waals surface area contributed by atoms with E-state index in [0.717, 1.165) is 0 Å². The first-order valence-electron chi connectivity index (χ1n) is 9.12. The van der Waals surface area contributed by atoms with Crippen molar-refractivity contribution in [2.75, 3.05) is 27.3 Å². The summed E-state index contributed by atoms with van der Waals surface area (Å²) in [5.41, 5.74) is -0.686. The molecule has 7 nitrogen and oxygen atoms in total. The highest BCUT2D eigenvalue weighted by molar-refractivity contribution is 6.03. The van der Waals surface area contributed by atoms with Gasteiger partial charge in [-0.3, -0.25) is 4.79 Å². The van der Waals surface area contributed by atoms with Gasteiger partial charge in [-0.15, -0.1) is 0 Å². The number of carbonyl (C=O) groups excluding carboxylic acids is 2. The first-order valence-corrected chi connectivity index (χ1v) is 9.12. The van der Waals surface area contributed by atoms with E-state index in [2.05, 4.69) is 0 Å². The summed E-state index contributed by atoms with van der Waals surface area (Å²) in [4.78, 5) is 26.8. The molecule has 0 bridgehead atoms. The van der Waals surface area contributed by atoms with Crippen LogP contribution in [0.5, 0.6) is 17.2 Å². The molecule has 1 amide bonds. The summed E-state index contributed by atoms with van der Waals surface area (Å²) in [6.45, 7) is 6.50. The Hall–Kier alpha value is -2.44. The van der Waals surface area contributed by atoms with E-state index >= 15 is 0 Å². The Balaban J connectivity index is 1.77. The molecule has 0 atom stereocenters. The zero-order chi connectivity index (χ0) is 19.8. The molecule has 0 saturated carbocycles. The summed E-state index contributed by atoms with van der Waals surface area (Å²) in [6, 6.07) is 3.40. The van der Waals surface area contributed by atoms with Crippen LogP contribution in [-0.4, -0.2) is 55.3 Å². The molecule has 1 aromatic rings. The van der Waals surface area contributed by atoms with Crippen molar-refractivity contribution in [3.05, 3.63) is 17.7 Å². The minimum Gasteiger partial charge on any atom is -0.496 e. The van der Waals surface area contributed by atoms with Crippen molar-refractivity contribution < 1.29 is 28.5 Å². The fourth-order valence-corrected chi connectivity index (χ4v) is 3.55. The lowest BCUT2D eigenvalue weighted by atomic mass is 9.82. The van der Waals surface area contributed by atoms with Crippen LogP contribution in [0, 0.1) is 0 Å². The number of likely N-dealkylation sites (tertiary alicyclic amines) is 1. The summed E-state index contributed by atoms with van der Waals surface area (Å²) < 4.78 is 22.4. The average molecular weight is 377 g/mol. The van der Waals surface area contributed by atoms with Crippen LogP contribution in [-0.2, 0) is 4.74 Å². The van der Waals surface area contributed by atoms with Crippen molar-refractivity contribution in [2.45, 2.75) is 51.2 Å². The molecule has 1 spiro atoms. The predicted octanol–water partition coefficient (Wildman–Crippen LogP) is 3.44. The number of carbonyl (C=O) groups is 2. The maximum absolute atomic E-state index is 12.8. The molecule has 0 radical (unpaired) electrons. The summed E-state index contributed by atoms with van der Waals surface area (Å²) in [5.74, 6) is 1.49. The molecule has 148 valence electrons. The van der Waals surface area contributed by atoms with Crippen LogP contribution < -0.4 is 14.2 Å². The fraction of sp³-hybridized carbons (Fsp3) is 0.600. The van der Waals surface area contributed by atoms with Gasteiger partial charge in [-0.05, 0) is 20.8 Å². The second-order valence-corrected chi connectivity index (χ2v) is 8.06. The van der Waals surface area contributed by atoms with E-state index in [9.17, 15) is 9.59 Å². The van der Waals surface area contributed by atoms with Crippen molar-refractivity contribution in [3.63, 3.8) is 0 Å². The first kappa shape index (κ1) is 19.3. The molecule has 3 rings (SSSR count). The van der Waals surface area contributed by atoms with Gasteiger partial charge in [-0.1, -0.05) is 0 Å². The Morgan fingerprint density at radius 1 is 1.15 bits per heavy atom. The van der Waals surface area contributed by atoms with Crippen LogP contribution in [0.1, 0.15) is 50.4 Å². The molecule has 0 N–H and O–H groups in total. The number of hydrogen-bond acceptors (Lipinski definition) is 6. The molecular formula is C20H27NO6. The average Bonchev–Trinajstić information content (AvgIpc) is 2.59. The fourth-order valence-electron chi connectivity index (χ4n) is 3.55. The van der Waals surface area contributed by atoms with E-state index in [1.54, 1.807) is 24.1 Å². The summed E-state index contributed by atoms with van der Waals surface area (Å²) in [6.07, 6.45) is 1.07. The van der Waals surface area contributed by atoms with Crippen LogP contribution in [0.4, 0.5) is 4.79 Å². The third-order valence-corrected chi connectivity index (χ3v) is 4.91. The van der Waals surface area contributed by atoms with Gasteiger partial charge in [0.05, 0.1) is 20.6 Å². The molecule has 27 heavy (non-hydrogen) atoms. The minimum absolute atomic E-state index is 0.0125. The van der Waals surface area contributed by atoms with Gasteiger partial charge in [0.1, 0.15) is 34.0 Å². The molecule has 2 heterocycles. The molecule has 7 heteroatoms. The number of rotatable bonds is 2. The Bertz CT molecular complexity index is 744. The molecule has 1 aromatic carbocycles. The summed E-state index contributed by atoms with van der Waals surface area (Å²) in [7, 11) is 3.08. The third-order valence-electron chi connectivity index (χ3n) is 4.91. The zero-order valence-corrected chi connectivity index (χ0v) is 16.6. The van der Waals surface area contributed by atoms with Crippen molar-refractivity contribution in [2.24, 2.45) is 0 Å². The molecule has 0 unspecified atom stereocenters. The maximum atomic E-state index is 12.8. The number of Topliss-reactive ketones (excluding diaryl/α,β-unsaturated/α-hetero) is 1. The number of ketones is 1. The second kappa shape index (κ2) is 6.94. The van der Waals surface area contributed by atoms with Crippen molar-refractivity contribution in [1.82, 2.24) is 4.90 Å². The van der Waals surface area contributed by atoms with Crippen LogP contribution in [0.25, 0.3) is 0 Å². The monoisotopic (exact) mass is 377 g/mol. The van der Waals surface area contributed by atoms with E-state index < -0.39 is 11.2 Å². The zero-order valence-electron chi connectivity index (χ0n) is 16.6. The largest absolute Gasteiger partial charge is 0.496 e. The topological polar surface area (TPSA) is 74.3 Å². The van der Waals surface area contributed by atoms with E-state index in [-0.39, 0.29) is 18.3 Å². The predicted molar refractivity (Wildman–Crippen MR) is 98.9 cm³/mol. The van der Waals surface area contributed by atoms with Gasteiger partial charge in [0.2, 0.25) is 0 Å². The molecule has 0 aliphatic carbocycles. The molecule has 0 aromatic heterocycles. The quantitative estimate of drug-likeness (QED) is 0.786. The summed E-state index contributed by atoms with van der Waals surface area (Å²) in [5, 5.41) is 0. The molecule has 2 aliphatic heterocycles. The SMILES string of the molecule is COc1cc(OC)c2c(c1)OC1(CCN(C(=O)OC(C)(C)C)CC1)CC2=O. The second-order valence-electron chi connectivity index (χ2n) is 8.06. The van der Waals surface area contributed by atoms with Crippen LogP contribution >= 0.6 is 0 Å². The minimum atomic E-state index is -0.611. The molecule has 2 aliphatic rings. The van der Waals surface area contributed by atoms with Crippen molar-refractivity contribution in [1.29, 1.82) is 0 Å². The highest BCUT2D eigenvalue weighted by Crippen LogP contribution is 2.44.